The van der Waals surface area contributed by atoms with Crippen molar-refractivity contribution in [2.75, 3.05) is 13.1 Å². The van der Waals surface area contributed by atoms with Gasteiger partial charge in [-0.1, -0.05) is 6.07 Å². The number of hydrogen-bond donors (Lipinski definition) is 5. The maximum atomic E-state index is 13.2. The van der Waals surface area contributed by atoms with Crippen LogP contribution >= 0.6 is 0 Å². The van der Waals surface area contributed by atoms with Crippen LogP contribution in [0, 0.1) is 5.82 Å². The highest BCUT2D eigenvalue weighted by molar-refractivity contribution is 5.83. The van der Waals surface area contributed by atoms with Gasteiger partial charge >= 0.3 is 18.1 Å². The van der Waals surface area contributed by atoms with Gasteiger partial charge in [0.25, 0.3) is 0 Å². The molecule has 176 valence electrons. The molecule has 1 aromatic carbocycles. The fraction of sp³-hybridized carbons (Fsp3) is 0.579. The van der Waals surface area contributed by atoms with Crippen molar-refractivity contribution in [3.63, 3.8) is 0 Å². The molecule has 1 saturated heterocycles. The first-order valence-corrected chi connectivity index (χ1v) is 9.39. The van der Waals surface area contributed by atoms with E-state index < -0.39 is 41.7 Å². The molecule has 0 radical (unpaired) electrons. The van der Waals surface area contributed by atoms with Crippen LogP contribution in [0.3, 0.4) is 0 Å². The van der Waals surface area contributed by atoms with Crippen molar-refractivity contribution in [2.45, 2.75) is 57.3 Å². The Labute approximate surface area is 176 Å². The summed E-state index contributed by atoms with van der Waals surface area (Å²) in [5, 5.41) is 35.7. The van der Waals surface area contributed by atoms with E-state index in [9.17, 15) is 27.2 Å². The van der Waals surface area contributed by atoms with Gasteiger partial charge in [0.15, 0.2) is 12.2 Å². The molecule has 12 heteroatoms. The second-order valence-corrected chi connectivity index (χ2v) is 7.28. The van der Waals surface area contributed by atoms with Crippen LogP contribution in [0.15, 0.2) is 18.2 Å². The monoisotopic (exact) mass is 454 g/mol. The molecule has 3 atom stereocenters. The average Bonchev–Trinajstić information content (AvgIpc) is 3.19. The average molecular weight is 454 g/mol. The third-order valence-electron chi connectivity index (χ3n) is 4.70. The number of carbonyl (C=O) groups is 2. The van der Waals surface area contributed by atoms with E-state index >= 15 is 0 Å². The maximum Gasteiger partial charge on any atom is 0.416 e. The molecule has 0 aliphatic carbocycles. The Bertz CT molecular complexity index is 735. The Morgan fingerprint density at radius 1 is 1.16 bits per heavy atom. The van der Waals surface area contributed by atoms with Crippen LogP contribution in [0.4, 0.5) is 17.6 Å². The van der Waals surface area contributed by atoms with Gasteiger partial charge in [-0.05, 0) is 44.5 Å². The van der Waals surface area contributed by atoms with Gasteiger partial charge in [0.2, 0.25) is 0 Å². The molecule has 8 nitrogen and oxygen atoms in total. The van der Waals surface area contributed by atoms with Crippen molar-refractivity contribution < 1.29 is 47.6 Å². The summed E-state index contributed by atoms with van der Waals surface area (Å²) in [6, 6.07) is 3.27. The topological polar surface area (TPSA) is 130 Å². The molecule has 1 aliphatic rings. The molecule has 2 unspecified atom stereocenters. The lowest BCUT2D eigenvalue weighted by atomic mass is 10.0. The number of halogens is 4. The molecule has 2 rings (SSSR count). The minimum Gasteiger partial charge on any atom is -0.479 e. The van der Waals surface area contributed by atoms with E-state index in [0.29, 0.717) is 6.07 Å². The summed E-state index contributed by atoms with van der Waals surface area (Å²) < 4.78 is 52.3. The standard InChI is InChI=1S/C15H20F4N2.C4H6O6/c1-10(2)21(13-5-6-20-8-13)9-11-3-4-12(16)7-14(11)15(17,18)19;5-1(3(7)8)2(6)4(9)10/h3-4,7,10,13,20H,5-6,8-9H2,1-2H3;1-2,5-6H,(H,7,8)(H,9,10)/t13-;/m0./s1. The first-order chi connectivity index (χ1) is 14.3. The summed E-state index contributed by atoms with van der Waals surface area (Å²) in [6.45, 7) is 5.77. The lowest BCUT2D eigenvalue weighted by Crippen LogP contribution is -2.41. The van der Waals surface area contributed by atoms with Gasteiger partial charge < -0.3 is 25.7 Å². The lowest BCUT2D eigenvalue weighted by molar-refractivity contribution is -0.165. The maximum absolute atomic E-state index is 13.2. The zero-order chi connectivity index (χ0) is 23.9. The number of alkyl halides is 3. The number of rotatable bonds is 7. The van der Waals surface area contributed by atoms with Gasteiger partial charge in [0.1, 0.15) is 5.82 Å². The molecule has 0 aromatic heterocycles. The van der Waals surface area contributed by atoms with Crippen molar-refractivity contribution in [1.29, 1.82) is 0 Å². The van der Waals surface area contributed by atoms with Crippen molar-refractivity contribution in [3.8, 4) is 0 Å². The van der Waals surface area contributed by atoms with E-state index in [0.717, 1.165) is 25.6 Å². The van der Waals surface area contributed by atoms with Crippen molar-refractivity contribution in [3.05, 3.63) is 35.1 Å². The summed E-state index contributed by atoms with van der Waals surface area (Å²) in [5.74, 6) is -4.39. The van der Waals surface area contributed by atoms with E-state index in [4.69, 9.17) is 20.4 Å². The predicted octanol–water partition coefficient (Wildman–Crippen LogP) is 1.29. The Balaban J connectivity index is 0.000000407. The smallest absolute Gasteiger partial charge is 0.416 e. The number of carboxylic acid groups (broad SMARTS) is 2. The summed E-state index contributed by atoms with van der Waals surface area (Å²) >= 11 is 0. The van der Waals surface area contributed by atoms with Crippen LogP contribution in [-0.4, -0.2) is 74.6 Å². The number of nitrogens with one attached hydrogen (secondary N) is 1. The van der Waals surface area contributed by atoms with Gasteiger partial charge in [-0.2, -0.15) is 13.2 Å². The number of hydrogen-bond acceptors (Lipinski definition) is 6. The molecule has 0 amide bonds. The van der Waals surface area contributed by atoms with Crippen LogP contribution in [-0.2, 0) is 22.3 Å². The Kier molecular flexibility index (Phi) is 9.81. The summed E-state index contributed by atoms with van der Waals surface area (Å²) in [5.41, 5.74) is -0.747. The molecule has 31 heavy (non-hydrogen) atoms. The Hall–Kier alpha value is -2.28. The zero-order valence-electron chi connectivity index (χ0n) is 16.9. The van der Waals surface area contributed by atoms with Gasteiger partial charge in [0, 0.05) is 25.2 Å². The third-order valence-corrected chi connectivity index (χ3v) is 4.70. The summed E-state index contributed by atoms with van der Waals surface area (Å²) in [7, 11) is 0. The molecule has 1 heterocycles. The number of aliphatic hydroxyl groups excluding tert-OH is 2. The fourth-order valence-corrected chi connectivity index (χ4v) is 3.07. The van der Waals surface area contributed by atoms with Crippen LogP contribution in [0.5, 0.6) is 0 Å². The van der Waals surface area contributed by atoms with Crippen molar-refractivity contribution in [1.82, 2.24) is 10.2 Å². The number of benzene rings is 1. The van der Waals surface area contributed by atoms with Crippen LogP contribution in [0.1, 0.15) is 31.4 Å². The molecule has 1 fully saturated rings. The first-order valence-electron chi connectivity index (χ1n) is 9.39. The molecular formula is C19H26F4N2O6. The second kappa shape index (κ2) is 11.4. The third kappa shape index (κ3) is 8.05. The van der Waals surface area contributed by atoms with Gasteiger partial charge in [-0.15, -0.1) is 0 Å². The van der Waals surface area contributed by atoms with E-state index in [1.807, 2.05) is 18.7 Å². The number of carboxylic acids is 2. The highest BCUT2D eigenvalue weighted by atomic mass is 19.4. The predicted molar refractivity (Wildman–Crippen MR) is 101 cm³/mol. The molecule has 0 bridgehead atoms. The molecule has 1 aliphatic heterocycles. The highest BCUT2D eigenvalue weighted by Crippen LogP contribution is 2.33. The zero-order valence-corrected chi connectivity index (χ0v) is 16.9. The second-order valence-electron chi connectivity index (χ2n) is 7.28. The van der Waals surface area contributed by atoms with Gasteiger partial charge in [0.05, 0.1) is 5.56 Å². The molecule has 5 N–H and O–H groups in total. The highest BCUT2D eigenvalue weighted by Gasteiger charge is 2.35. The molecule has 0 spiro atoms. The lowest BCUT2D eigenvalue weighted by Gasteiger charge is -2.33. The number of aliphatic hydroxyl groups is 2. The minimum atomic E-state index is -4.53. The van der Waals surface area contributed by atoms with Gasteiger partial charge in [-0.3, -0.25) is 4.90 Å². The Morgan fingerprint density at radius 3 is 2.10 bits per heavy atom. The number of nitrogens with zero attached hydrogens (tertiary/aromatic N) is 1. The molecule has 0 saturated carbocycles. The van der Waals surface area contributed by atoms with E-state index in [2.05, 4.69) is 5.32 Å². The number of aliphatic carboxylic acids is 2. The van der Waals surface area contributed by atoms with Crippen molar-refractivity contribution in [2.24, 2.45) is 0 Å². The largest absolute Gasteiger partial charge is 0.479 e. The Morgan fingerprint density at radius 2 is 1.71 bits per heavy atom. The summed E-state index contributed by atoms with van der Waals surface area (Å²) in [6.07, 6.45) is -8.15. The first kappa shape index (κ1) is 26.8. The van der Waals surface area contributed by atoms with E-state index in [1.54, 1.807) is 0 Å². The minimum absolute atomic E-state index is 0.126. The van der Waals surface area contributed by atoms with Crippen LogP contribution in [0.25, 0.3) is 0 Å². The summed E-state index contributed by atoms with van der Waals surface area (Å²) in [4.78, 5) is 21.6. The fourth-order valence-electron chi connectivity index (χ4n) is 3.07. The van der Waals surface area contributed by atoms with Crippen molar-refractivity contribution >= 4 is 11.9 Å². The SMILES string of the molecule is CC(C)N(Cc1ccc(F)cc1C(F)(F)F)[C@H]1CCNC1.O=C(O)C(O)C(O)C(=O)O. The van der Waals surface area contributed by atoms with Crippen LogP contribution < -0.4 is 5.32 Å². The van der Waals surface area contributed by atoms with Gasteiger partial charge in [-0.25, -0.2) is 14.0 Å². The van der Waals surface area contributed by atoms with Crippen LogP contribution in [0.2, 0.25) is 0 Å². The molecule has 1 aromatic rings. The molecular weight excluding hydrogens is 428 g/mol. The van der Waals surface area contributed by atoms with E-state index in [1.165, 1.54) is 6.07 Å². The van der Waals surface area contributed by atoms with E-state index in [-0.39, 0.29) is 24.2 Å². The normalized spacial score (nSPS) is 18.5. The quantitative estimate of drug-likeness (QED) is 0.390.